The average Bonchev–Trinajstić information content (AvgIpc) is 2.00. The lowest BCUT2D eigenvalue weighted by molar-refractivity contribution is -0.142. The lowest BCUT2D eigenvalue weighted by Gasteiger charge is -2.39. The molecule has 1 aromatic carbocycles. The van der Waals surface area contributed by atoms with Crippen molar-refractivity contribution in [3.63, 3.8) is 0 Å². The zero-order chi connectivity index (χ0) is 9.47. The van der Waals surface area contributed by atoms with Gasteiger partial charge in [-0.2, -0.15) is 0 Å². The summed E-state index contributed by atoms with van der Waals surface area (Å²) in [6, 6.07) is 3.59. The number of benzene rings is 1. The van der Waals surface area contributed by atoms with Crippen molar-refractivity contribution < 1.29 is 13.5 Å². The normalized spacial score (nSPS) is 27.0. The first-order valence-corrected chi connectivity index (χ1v) is 4.21. The summed E-state index contributed by atoms with van der Waals surface area (Å²) in [5.74, 6) is -1.08. The topological polar surface area (TPSA) is 9.23 Å². The molecule has 1 saturated heterocycles. The minimum atomic E-state index is -0.552. The molecule has 2 rings (SSSR count). The summed E-state index contributed by atoms with van der Waals surface area (Å²) in [6.45, 7) is 2.46. The maximum absolute atomic E-state index is 13.2. The Bertz CT molecular complexity index is 332. The van der Waals surface area contributed by atoms with Crippen LogP contribution >= 0.6 is 0 Å². The fourth-order valence-corrected chi connectivity index (χ4v) is 1.54. The van der Waals surface area contributed by atoms with Crippen LogP contribution in [0.25, 0.3) is 0 Å². The number of hydrogen-bond acceptors (Lipinski definition) is 1. The van der Waals surface area contributed by atoms with Gasteiger partial charge in [0.15, 0.2) is 0 Å². The molecule has 1 atom stereocenters. The van der Waals surface area contributed by atoms with E-state index in [0.717, 1.165) is 12.5 Å². The first kappa shape index (κ1) is 8.63. The van der Waals surface area contributed by atoms with E-state index in [9.17, 15) is 8.78 Å². The number of rotatable bonds is 1. The van der Waals surface area contributed by atoms with Gasteiger partial charge in [-0.25, -0.2) is 8.78 Å². The van der Waals surface area contributed by atoms with Crippen molar-refractivity contribution in [3.8, 4) is 0 Å². The molecule has 0 N–H and O–H groups in total. The van der Waals surface area contributed by atoms with Crippen LogP contribution in [0.1, 0.15) is 18.9 Å². The van der Waals surface area contributed by atoms with Crippen LogP contribution in [-0.4, -0.2) is 6.61 Å². The zero-order valence-corrected chi connectivity index (χ0v) is 7.31. The Morgan fingerprint density at radius 3 is 2.54 bits per heavy atom. The van der Waals surface area contributed by atoms with Crippen LogP contribution in [0, 0.1) is 11.6 Å². The van der Waals surface area contributed by atoms with Crippen LogP contribution in [0.15, 0.2) is 18.2 Å². The molecular formula is C10H10F2O. The molecule has 0 aromatic heterocycles. The second-order valence-electron chi connectivity index (χ2n) is 3.45. The van der Waals surface area contributed by atoms with Crippen molar-refractivity contribution >= 4 is 0 Å². The van der Waals surface area contributed by atoms with Gasteiger partial charge in [-0.1, -0.05) is 6.07 Å². The Labute approximate surface area is 75.3 Å². The van der Waals surface area contributed by atoms with Crippen molar-refractivity contribution in [2.24, 2.45) is 0 Å². The van der Waals surface area contributed by atoms with Gasteiger partial charge >= 0.3 is 0 Å². The number of hydrogen-bond donors (Lipinski definition) is 0. The highest BCUT2D eigenvalue weighted by Gasteiger charge is 2.37. The van der Waals surface area contributed by atoms with E-state index in [2.05, 4.69) is 0 Å². The van der Waals surface area contributed by atoms with Gasteiger partial charge in [0.25, 0.3) is 0 Å². The fourth-order valence-electron chi connectivity index (χ4n) is 1.54. The van der Waals surface area contributed by atoms with Gasteiger partial charge in [-0.05, 0) is 13.0 Å². The van der Waals surface area contributed by atoms with E-state index in [1.807, 2.05) is 6.92 Å². The Hall–Kier alpha value is -0.960. The van der Waals surface area contributed by atoms with Gasteiger partial charge in [0, 0.05) is 18.1 Å². The van der Waals surface area contributed by atoms with Crippen LogP contribution in [0.5, 0.6) is 0 Å². The molecule has 3 heteroatoms. The SMILES string of the molecule is CC1(c2ccc(F)cc2F)CCO1. The van der Waals surface area contributed by atoms with Crippen molar-refractivity contribution in [1.82, 2.24) is 0 Å². The van der Waals surface area contributed by atoms with E-state index in [-0.39, 0.29) is 0 Å². The van der Waals surface area contributed by atoms with Crippen molar-refractivity contribution in [1.29, 1.82) is 0 Å². The zero-order valence-electron chi connectivity index (χ0n) is 7.31. The third-order valence-electron chi connectivity index (χ3n) is 2.50. The third kappa shape index (κ3) is 1.33. The number of ether oxygens (including phenoxy) is 1. The first-order chi connectivity index (χ1) is 6.12. The summed E-state index contributed by atoms with van der Waals surface area (Å²) in [5, 5.41) is 0. The summed E-state index contributed by atoms with van der Waals surface area (Å²) in [7, 11) is 0. The highest BCUT2D eigenvalue weighted by atomic mass is 19.1. The molecule has 0 aliphatic carbocycles. The van der Waals surface area contributed by atoms with Crippen molar-refractivity contribution in [3.05, 3.63) is 35.4 Å². The van der Waals surface area contributed by atoms with E-state index < -0.39 is 17.2 Å². The Balaban J connectivity index is 2.40. The molecule has 1 nitrogen and oxygen atoms in total. The summed E-state index contributed by atoms with van der Waals surface area (Å²) in [6.07, 6.45) is 0.787. The van der Waals surface area contributed by atoms with Crippen LogP contribution < -0.4 is 0 Å². The largest absolute Gasteiger partial charge is 0.370 e. The van der Waals surface area contributed by atoms with E-state index in [1.54, 1.807) is 0 Å². The van der Waals surface area contributed by atoms with Gasteiger partial charge in [0.1, 0.15) is 11.6 Å². The third-order valence-corrected chi connectivity index (χ3v) is 2.50. The molecule has 0 spiro atoms. The van der Waals surface area contributed by atoms with E-state index in [0.29, 0.717) is 12.2 Å². The Kier molecular flexibility index (Phi) is 1.84. The monoisotopic (exact) mass is 184 g/mol. The molecule has 1 heterocycles. The van der Waals surface area contributed by atoms with Gasteiger partial charge in [-0.3, -0.25) is 0 Å². The Morgan fingerprint density at radius 1 is 1.38 bits per heavy atom. The average molecular weight is 184 g/mol. The molecule has 13 heavy (non-hydrogen) atoms. The maximum Gasteiger partial charge on any atom is 0.132 e. The Morgan fingerprint density at radius 2 is 2.08 bits per heavy atom. The molecule has 70 valence electrons. The first-order valence-electron chi connectivity index (χ1n) is 4.21. The molecule has 0 radical (unpaired) electrons. The minimum Gasteiger partial charge on any atom is -0.370 e. The van der Waals surface area contributed by atoms with E-state index in [4.69, 9.17) is 4.74 Å². The molecule has 0 saturated carbocycles. The second-order valence-corrected chi connectivity index (χ2v) is 3.45. The smallest absolute Gasteiger partial charge is 0.132 e. The minimum absolute atomic E-state index is 0.445. The fraction of sp³-hybridized carbons (Fsp3) is 0.400. The van der Waals surface area contributed by atoms with Crippen molar-refractivity contribution in [2.45, 2.75) is 18.9 Å². The highest BCUT2D eigenvalue weighted by molar-refractivity contribution is 5.26. The van der Waals surface area contributed by atoms with Crippen LogP contribution in [-0.2, 0) is 10.3 Å². The highest BCUT2D eigenvalue weighted by Crippen LogP contribution is 2.37. The molecule has 1 aromatic rings. The maximum atomic E-state index is 13.2. The molecule has 0 bridgehead atoms. The summed E-state index contributed by atoms with van der Waals surface area (Å²) in [5.41, 5.74) is -0.0993. The van der Waals surface area contributed by atoms with Crippen LogP contribution in [0.4, 0.5) is 8.78 Å². The molecule has 1 unspecified atom stereocenters. The lowest BCUT2D eigenvalue weighted by atomic mass is 9.88. The molecular weight excluding hydrogens is 174 g/mol. The van der Waals surface area contributed by atoms with Crippen LogP contribution in [0.3, 0.4) is 0 Å². The van der Waals surface area contributed by atoms with Gasteiger partial charge < -0.3 is 4.74 Å². The van der Waals surface area contributed by atoms with Crippen molar-refractivity contribution in [2.75, 3.05) is 6.61 Å². The summed E-state index contributed by atoms with van der Waals surface area (Å²) >= 11 is 0. The quantitative estimate of drug-likeness (QED) is 0.651. The van der Waals surface area contributed by atoms with E-state index >= 15 is 0 Å². The lowest BCUT2D eigenvalue weighted by Crippen LogP contribution is -2.38. The van der Waals surface area contributed by atoms with Gasteiger partial charge in [0.05, 0.1) is 12.2 Å². The predicted octanol–water partition coefficient (Wildman–Crippen LogP) is 2.60. The van der Waals surface area contributed by atoms with Crippen LogP contribution in [0.2, 0.25) is 0 Å². The number of halogens is 2. The molecule has 1 fully saturated rings. The molecule has 1 aliphatic rings. The second kappa shape index (κ2) is 2.77. The van der Waals surface area contributed by atoms with E-state index in [1.165, 1.54) is 12.1 Å². The molecule has 1 aliphatic heterocycles. The summed E-state index contributed by atoms with van der Waals surface area (Å²) < 4.78 is 31.1. The summed E-state index contributed by atoms with van der Waals surface area (Å²) in [4.78, 5) is 0. The van der Waals surface area contributed by atoms with Gasteiger partial charge in [-0.15, -0.1) is 0 Å². The van der Waals surface area contributed by atoms with Gasteiger partial charge in [0.2, 0.25) is 0 Å². The predicted molar refractivity (Wildman–Crippen MR) is 44.3 cm³/mol. The molecule has 0 amide bonds. The standard InChI is InChI=1S/C10H10F2O/c1-10(4-5-13-10)8-3-2-7(11)6-9(8)12/h2-3,6H,4-5H2,1H3.